The number of morpholine rings is 1. The van der Waals surface area contributed by atoms with Crippen molar-refractivity contribution in [1.82, 2.24) is 4.90 Å². The van der Waals surface area contributed by atoms with E-state index in [1.165, 1.54) is 0 Å². The predicted molar refractivity (Wildman–Crippen MR) is 73.4 cm³/mol. The van der Waals surface area contributed by atoms with Crippen LogP contribution in [-0.4, -0.2) is 62.7 Å². The van der Waals surface area contributed by atoms with Gasteiger partial charge >= 0.3 is 0 Å². The third-order valence-corrected chi connectivity index (χ3v) is 4.96. The number of sulfone groups is 1. The van der Waals surface area contributed by atoms with Crippen LogP contribution in [0.4, 0.5) is 0 Å². The Kier molecular flexibility index (Phi) is 6.04. The third kappa shape index (κ3) is 5.65. The molecule has 6 heteroatoms. The molecule has 2 atom stereocenters. The van der Waals surface area contributed by atoms with Crippen molar-refractivity contribution in [3.63, 3.8) is 0 Å². The zero-order valence-electron chi connectivity index (χ0n) is 11.6. The molecule has 0 aromatic rings. The molecule has 0 bridgehead atoms. The minimum Gasteiger partial charge on any atom is -0.374 e. The van der Waals surface area contributed by atoms with Crippen LogP contribution in [0, 0.1) is 0 Å². The molecule has 0 saturated carbocycles. The van der Waals surface area contributed by atoms with Crippen LogP contribution < -0.4 is 5.73 Å². The summed E-state index contributed by atoms with van der Waals surface area (Å²) in [6.45, 7) is 8.27. The average Bonchev–Trinajstić information content (AvgIpc) is 2.26. The summed E-state index contributed by atoms with van der Waals surface area (Å²) in [6.07, 6.45) is 0.322. The lowest BCUT2D eigenvalue weighted by Gasteiger charge is -2.35. The Hall–Kier alpha value is -0.170. The number of nitrogens with two attached hydrogens (primary N) is 1. The molecule has 108 valence electrons. The Balaban J connectivity index is 2.46. The largest absolute Gasteiger partial charge is 0.374 e. The highest BCUT2D eigenvalue weighted by Crippen LogP contribution is 2.11. The first kappa shape index (κ1) is 15.9. The van der Waals surface area contributed by atoms with Gasteiger partial charge in [0.15, 0.2) is 9.84 Å². The summed E-state index contributed by atoms with van der Waals surface area (Å²) in [5.41, 5.74) is 5.59. The Bertz CT molecular complexity index is 341. The molecule has 0 amide bonds. The highest BCUT2D eigenvalue weighted by Gasteiger charge is 2.26. The third-order valence-electron chi connectivity index (χ3n) is 3.22. The maximum Gasteiger partial charge on any atom is 0.152 e. The summed E-state index contributed by atoms with van der Waals surface area (Å²) in [6, 6.07) is 0.363. The van der Waals surface area contributed by atoms with E-state index in [0.717, 1.165) is 6.54 Å². The number of ether oxygens (including phenoxy) is 1. The van der Waals surface area contributed by atoms with Crippen LogP contribution in [-0.2, 0) is 14.6 Å². The molecule has 5 nitrogen and oxygen atoms in total. The van der Waals surface area contributed by atoms with Gasteiger partial charge in [-0.1, -0.05) is 0 Å². The molecule has 18 heavy (non-hydrogen) atoms. The van der Waals surface area contributed by atoms with Crippen molar-refractivity contribution in [3.05, 3.63) is 0 Å². The molecule has 0 radical (unpaired) electrons. The van der Waals surface area contributed by atoms with Crippen LogP contribution in [0.25, 0.3) is 0 Å². The van der Waals surface area contributed by atoms with Crippen LogP contribution in [0.15, 0.2) is 0 Å². The lowest BCUT2D eigenvalue weighted by Crippen LogP contribution is -2.48. The molecule has 2 unspecified atom stereocenters. The zero-order chi connectivity index (χ0) is 13.8. The first-order valence-corrected chi connectivity index (χ1v) is 8.44. The van der Waals surface area contributed by atoms with E-state index in [0.29, 0.717) is 25.6 Å². The van der Waals surface area contributed by atoms with Gasteiger partial charge in [-0.3, -0.25) is 4.90 Å². The fourth-order valence-corrected chi connectivity index (χ4v) is 3.71. The lowest BCUT2D eigenvalue weighted by atomic mass is 10.2. The number of rotatable bonds is 6. The van der Waals surface area contributed by atoms with Crippen LogP contribution in [0.2, 0.25) is 0 Å². The quantitative estimate of drug-likeness (QED) is 0.754. The monoisotopic (exact) mass is 278 g/mol. The Morgan fingerprint density at radius 3 is 2.61 bits per heavy atom. The molecule has 1 saturated heterocycles. The molecule has 0 aromatic heterocycles. The van der Waals surface area contributed by atoms with Gasteiger partial charge in [0.25, 0.3) is 0 Å². The molecule has 2 N–H and O–H groups in total. The minimum atomic E-state index is -3.06. The number of hydrogen-bond donors (Lipinski definition) is 1. The second kappa shape index (κ2) is 6.84. The van der Waals surface area contributed by atoms with E-state index < -0.39 is 9.84 Å². The molecule has 0 aromatic carbocycles. The molecule has 1 rings (SSSR count). The van der Waals surface area contributed by atoms with Gasteiger partial charge in [0.05, 0.1) is 24.2 Å². The summed E-state index contributed by atoms with van der Waals surface area (Å²) >= 11 is 0. The Morgan fingerprint density at radius 1 is 1.39 bits per heavy atom. The van der Waals surface area contributed by atoms with Gasteiger partial charge in [-0.2, -0.15) is 0 Å². The highest BCUT2D eigenvalue weighted by atomic mass is 32.2. The lowest BCUT2D eigenvalue weighted by molar-refractivity contribution is -0.0272. The fourth-order valence-electron chi connectivity index (χ4n) is 2.04. The van der Waals surface area contributed by atoms with Crippen molar-refractivity contribution in [3.8, 4) is 0 Å². The molecule has 1 heterocycles. The molecule has 1 aliphatic rings. The second-order valence-electron chi connectivity index (χ2n) is 5.46. The summed E-state index contributed by atoms with van der Waals surface area (Å²) in [4.78, 5) is 2.26. The van der Waals surface area contributed by atoms with Crippen LogP contribution >= 0.6 is 0 Å². The van der Waals surface area contributed by atoms with Gasteiger partial charge in [0, 0.05) is 25.2 Å². The van der Waals surface area contributed by atoms with Gasteiger partial charge in [0.2, 0.25) is 0 Å². The van der Waals surface area contributed by atoms with Crippen molar-refractivity contribution in [2.24, 2.45) is 5.73 Å². The standard InChI is InChI=1S/C12H26N2O3S/c1-10(2)14-5-6-17-12(8-14)9-18(15,16)7-4-11(3)13/h10-12H,4-9,13H2,1-3H3. The molecule has 1 fully saturated rings. The first-order chi connectivity index (χ1) is 8.30. The zero-order valence-corrected chi connectivity index (χ0v) is 12.4. The molecule has 1 aliphatic heterocycles. The van der Waals surface area contributed by atoms with Crippen molar-refractivity contribution in [2.75, 3.05) is 31.2 Å². The topological polar surface area (TPSA) is 72.6 Å². The van der Waals surface area contributed by atoms with E-state index in [4.69, 9.17) is 10.5 Å². The first-order valence-electron chi connectivity index (χ1n) is 6.62. The van der Waals surface area contributed by atoms with E-state index in [9.17, 15) is 8.42 Å². The summed E-state index contributed by atoms with van der Waals surface area (Å²) in [5, 5.41) is 0. The summed E-state index contributed by atoms with van der Waals surface area (Å²) < 4.78 is 29.4. The van der Waals surface area contributed by atoms with Gasteiger partial charge in [-0.25, -0.2) is 8.42 Å². The van der Waals surface area contributed by atoms with Gasteiger partial charge < -0.3 is 10.5 Å². The fraction of sp³-hybridized carbons (Fsp3) is 1.00. The van der Waals surface area contributed by atoms with Crippen molar-refractivity contribution >= 4 is 9.84 Å². The van der Waals surface area contributed by atoms with Gasteiger partial charge in [0.1, 0.15) is 0 Å². The van der Waals surface area contributed by atoms with Crippen LogP contribution in [0.1, 0.15) is 27.2 Å². The number of hydrogen-bond acceptors (Lipinski definition) is 5. The maximum atomic E-state index is 11.9. The van der Waals surface area contributed by atoms with Gasteiger partial charge in [-0.05, 0) is 27.2 Å². The number of nitrogens with zero attached hydrogens (tertiary/aromatic N) is 1. The Labute approximate surface area is 111 Å². The van der Waals surface area contributed by atoms with Crippen molar-refractivity contribution < 1.29 is 13.2 Å². The summed E-state index contributed by atoms with van der Waals surface area (Å²) in [5.74, 6) is 0.273. The molecular weight excluding hydrogens is 252 g/mol. The molecule has 0 aliphatic carbocycles. The van der Waals surface area contributed by atoms with E-state index in [1.807, 2.05) is 6.92 Å². The molecular formula is C12H26N2O3S. The highest BCUT2D eigenvalue weighted by molar-refractivity contribution is 7.91. The van der Waals surface area contributed by atoms with Crippen molar-refractivity contribution in [2.45, 2.75) is 45.4 Å². The smallest absolute Gasteiger partial charge is 0.152 e. The molecule has 0 spiro atoms. The maximum absolute atomic E-state index is 11.9. The SMILES string of the molecule is CC(N)CCS(=O)(=O)CC1CN(C(C)C)CCO1. The minimum absolute atomic E-state index is 0.0702. The second-order valence-corrected chi connectivity index (χ2v) is 7.69. The van der Waals surface area contributed by atoms with E-state index in [-0.39, 0.29) is 23.7 Å². The van der Waals surface area contributed by atoms with E-state index >= 15 is 0 Å². The average molecular weight is 278 g/mol. The summed E-state index contributed by atoms with van der Waals surface area (Å²) in [7, 11) is -3.06. The van der Waals surface area contributed by atoms with Crippen molar-refractivity contribution in [1.29, 1.82) is 0 Å². The van der Waals surface area contributed by atoms with Gasteiger partial charge in [-0.15, -0.1) is 0 Å². The van der Waals surface area contributed by atoms with Crippen LogP contribution in [0.5, 0.6) is 0 Å². The Morgan fingerprint density at radius 2 is 2.06 bits per heavy atom. The van der Waals surface area contributed by atoms with E-state index in [2.05, 4.69) is 18.7 Å². The van der Waals surface area contributed by atoms with Crippen LogP contribution in [0.3, 0.4) is 0 Å². The van der Waals surface area contributed by atoms with E-state index in [1.54, 1.807) is 0 Å². The predicted octanol–water partition coefficient (Wildman–Crippen LogP) is 0.248. The normalized spacial score (nSPS) is 24.4.